The van der Waals surface area contributed by atoms with Crippen molar-refractivity contribution in [3.8, 4) is 33.4 Å². The Labute approximate surface area is 421 Å². The van der Waals surface area contributed by atoms with Crippen LogP contribution in [0.5, 0.6) is 0 Å². The number of allylic oxidation sites excluding steroid dienone is 4. The molecule has 72 heavy (non-hydrogen) atoms. The van der Waals surface area contributed by atoms with Crippen molar-refractivity contribution in [1.29, 1.82) is 0 Å². The summed E-state index contributed by atoms with van der Waals surface area (Å²) in [5.74, 6) is 0. The van der Waals surface area contributed by atoms with E-state index in [1.165, 1.54) is 87.6 Å². The fraction of sp³-hybridized carbons (Fsp3) is 0.0286. The summed E-state index contributed by atoms with van der Waals surface area (Å²) in [5.41, 5.74) is 16.3. The molecule has 0 unspecified atom stereocenters. The molecule has 0 amide bonds. The minimum atomic E-state index is 1.08. The first-order valence-corrected chi connectivity index (χ1v) is 25.1. The summed E-state index contributed by atoms with van der Waals surface area (Å²) in [6.45, 7) is 0. The lowest BCUT2D eigenvalue weighted by atomic mass is 9.84. The van der Waals surface area contributed by atoms with Crippen LogP contribution in [0.4, 0.5) is 34.1 Å². The highest BCUT2D eigenvalue weighted by Crippen LogP contribution is 2.49. The van der Waals surface area contributed by atoms with E-state index in [2.05, 4.69) is 289 Å². The third kappa shape index (κ3) is 7.99. The molecule has 12 aromatic rings. The van der Waals surface area contributed by atoms with E-state index in [0.717, 1.165) is 47.0 Å². The molecule has 0 aliphatic heterocycles. The summed E-state index contributed by atoms with van der Waals surface area (Å²) < 4.78 is 0. The Morgan fingerprint density at radius 2 is 0.639 bits per heavy atom. The van der Waals surface area contributed by atoms with Gasteiger partial charge in [-0.2, -0.15) is 0 Å². The minimum Gasteiger partial charge on any atom is -0.310 e. The van der Waals surface area contributed by atoms with Gasteiger partial charge in [0, 0.05) is 34.1 Å². The van der Waals surface area contributed by atoms with Crippen LogP contribution in [-0.2, 0) is 0 Å². The summed E-state index contributed by atoms with van der Waals surface area (Å²) in [6, 6.07) is 95.9. The van der Waals surface area contributed by atoms with Crippen molar-refractivity contribution in [2.24, 2.45) is 0 Å². The number of para-hydroxylation sites is 2. The van der Waals surface area contributed by atoms with Gasteiger partial charge in [-0.05, 0) is 185 Å². The van der Waals surface area contributed by atoms with Crippen molar-refractivity contribution in [2.75, 3.05) is 9.80 Å². The molecule has 0 fully saturated rings. The number of anilines is 6. The van der Waals surface area contributed by atoms with Crippen molar-refractivity contribution in [3.05, 3.63) is 285 Å². The second-order valence-corrected chi connectivity index (χ2v) is 18.8. The summed E-state index contributed by atoms with van der Waals surface area (Å²) >= 11 is 0. The summed E-state index contributed by atoms with van der Waals surface area (Å²) in [4.78, 5) is 4.80. The van der Waals surface area contributed by atoms with Crippen LogP contribution in [0.1, 0.15) is 18.4 Å². The van der Waals surface area contributed by atoms with E-state index in [9.17, 15) is 0 Å². The molecule has 0 saturated heterocycles. The molecule has 0 radical (unpaired) electrons. The van der Waals surface area contributed by atoms with Crippen LogP contribution in [0, 0.1) is 0 Å². The van der Waals surface area contributed by atoms with E-state index < -0.39 is 0 Å². The van der Waals surface area contributed by atoms with Crippen molar-refractivity contribution < 1.29 is 0 Å². The van der Waals surface area contributed by atoms with Crippen molar-refractivity contribution in [1.82, 2.24) is 0 Å². The number of hydrogen-bond acceptors (Lipinski definition) is 2. The van der Waals surface area contributed by atoms with Gasteiger partial charge in [-0.3, -0.25) is 0 Å². The van der Waals surface area contributed by atoms with Crippen molar-refractivity contribution in [3.63, 3.8) is 0 Å². The Bertz CT molecular complexity index is 4000. The molecule has 0 N–H and O–H groups in total. The monoisotopic (exact) mass is 918 g/mol. The largest absolute Gasteiger partial charge is 0.310 e. The first kappa shape index (κ1) is 42.8. The van der Waals surface area contributed by atoms with Crippen LogP contribution in [0.15, 0.2) is 279 Å². The molecule has 13 rings (SSSR count). The van der Waals surface area contributed by atoms with Gasteiger partial charge < -0.3 is 9.80 Å². The van der Waals surface area contributed by atoms with Gasteiger partial charge in [0.05, 0.1) is 0 Å². The topological polar surface area (TPSA) is 6.48 Å². The quantitative estimate of drug-likeness (QED) is 0.126. The standard InChI is InChI=1S/C70H50N2/c1-5-17-49(18-6-1)53-33-37-61(38-34-53)71(59-25-9-3-10-26-59)63-41-43-65-67(47-63)69(57-31-29-51-21-13-15-23-55(51)45-57)66-44-42-64(48-68(66)70(65)58-32-30-52-22-14-16-24-56(52)46-58)72(60-27-11-4-12-28-60)62-39-35-54(36-40-62)50-19-7-2-8-20-50/h1,3-7,9-48H,2,8H2. The second-order valence-electron chi connectivity index (χ2n) is 18.8. The molecule has 0 bridgehead atoms. The lowest BCUT2D eigenvalue weighted by Crippen LogP contribution is -2.10. The predicted molar refractivity (Wildman–Crippen MR) is 308 cm³/mol. The van der Waals surface area contributed by atoms with Crippen LogP contribution >= 0.6 is 0 Å². The Morgan fingerprint density at radius 3 is 1.11 bits per heavy atom. The van der Waals surface area contributed by atoms with Crippen LogP contribution in [0.2, 0.25) is 0 Å². The van der Waals surface area contributed by atoms with Gasteiger partial charge in [0.1, 0.15) is 0 Å². The second kappa shape index (κ2) is 18.6. The molecule has 0 saturated carbocycles. The molecule has 0 aromatic heterocycles. The molecule has 12 aromatic carbocycles. The van der Waals surface area contributed by atoms with E-state index in [0.29, 0.717) is 0 Å². The minimum absolute atomic E-state index is 1.08. The van der Waals surface area contributed by atoms with Gasteiger partial charge in [-0.25, -0.2) is 0 Å². The normalized spacial score (nSPS) is 12.4. The zero-order valence-corrected chi connectivity index (χ0v) is 39.9. The molecule has 2 nitrogen and oxygen atoms in total. The first-order valence-electron chi connectivity index (χ1n) is 25.1. The molecule has 2 heteroatoms. The highest BCUT2D eigenvalue weighted by molar-refractivity contribution is 6.23. The zero-order chi connectivity index (χ0) is 47.8. The molecular formula is C70H50N2. The average molecular weight is 919 g/mol. The average Bonchev–Trinajstić information content (AvgIpc) is 3.46. The maximum absolute atomic E-state index is 2.44. The maximum Gasteiger partial charge on any atom is 0.0468 e. The van der Waals surface area contributed by atoms with Gasteiger partial charge in [-0.15, -0.1) is 0 Å². The fourth-order valence-electron chi connectivity index (χ4n) is 10.9. The number of fused-ring (bicyclic) bond motifs is 4. The molecule has 0 heterocycles. The number of hydrogen-bond donors (Lipinski definition) is 0. The molecule has 1 aliphatic carbocycles. The van der Waals surface area contributed by atoms with Gasteiger partial charge >= 0.3 is 0 Å². The van der Waals surface area contributed by atoms with Crippen molar-refractivity contribution >= 4 is 82.8 Å². The maximum atomic E-state index is 2.44. The van der Waals surface area contributed by atoms with E-state index >= 15 is 0 Å². The molecular weight excluding hydrogens is 869 g/mol. The predicted octanol–water partition coefficient (Wildman–Crippen LogP) is 20.0. The van der Waals surface area contributed by atoms with Crippen LogP contribution < -0.4 is 9.80 Å². The van der Waals surface area contributed by atoms with Gasteiger partial charge in [-0.1, -0.05) is 194 Å². The van der Waals surface area contributed by atoms with Crippen molar-refractivity contribution in [2.45, 2.75) is 12.8 Å². The number of rotatable bonds is 10. The van der Waals surface area contributed by atoms with Gasteiger partial charge in [0.2, 0.25) is 0 Å². The third-order valence-electron chi connectivity index (χ3n) is 14.4. The Kier molecular flexibility index (Phi) is 11.1. The molecule has 340 valence electrons. The lowest BCUT2D eigenvalue weighted by Gasteiger charge is -2.28. The fourth-order valence-corrected chi connectivity index (χ4v) is 10.9. The van der Waals surface area contributed by atoms with Crippen LogP contribution in [0.25, 0.3) is 82.0 Å². The van der Waals surface area contributed by atoms with E-state index in [1.54, 1.807) is 0 Å². The van der Waals surface area contributed by atoms with E-state index in [-0.39, 0.29) is 0 Å². The SMILES string of the molecule is C1=CC(c2ccc(N(c3ccccc3)c3ccc4c(-c5ccc6ccccc6c5)c5cc(N(c6ccccc6)c6ccc(-c7ccccc7)cc6)ccc5c(-c5ccc6ccccc6c5)c4c3)cc2)=CCC1. The van der Waals surface area contributed by atoms with Gasteiger partial charge in [0.25, 0.3) is 0 Å². The van der Waals surface area contributed by atoms with Gasteiger partial charge in [0.15, 0.2) is 0 Å². The lowest BCUT2D eigenvalue weighted by molar-refractivity contribution is 1.04. The van der Waals surface area contributed by atoms with E-state index in [4.69, 9.17) is 0 Å². The highest BCUT2D eigenvalue weighted by atomic mass is 15.1. The summed E-state index contributed by atoms with van der Waals surface area (Å²) in [7, 11) is 0. The molecule has 0 spiro atoms. The number of nitrogens with zero attached hydrogens (tertiary/aromatic N) is 2. The summed E-state index contributed by atoms with van der Waals surface area (Å²) in [6.07, 6.45) is 9.06. The molecule has 1 aliphatic rings. The Balaban J connectivity index is 1.08. The van der Waals surface area contributed by atoms with Crippen LogP contribution in [-0.4, -0.2) is 0 Å². The summed E-state index contributed by atoms with van der Waals surface area (Å²) in [5, 5.41) is 9.64. The first-order chi connectivity index (χ1) is 35.7. The third-order valence-corrected chi connectivity index (χ3v) is 14.4. The highest BCUT2D eigenvalue weighted by Gasteiger charge is 2.23. The van der Waals surface area contributed by atoms with Crippen LogP contribution in [0.3, 0.4) is 0 Å². The van der Waals surface area contributed by atoms with E-state index in [1.807, 2.05) is 0 Å². The smallest absolute Gasteiger partial charge is 0.0468 e. The number of benzene rings is 12. The Morgan fingerprint density at radius 1 is 0.250 bits per heavy atom. The Hall–Kier alpha value is -9.24. The molecule has 0 atom stereocenters. The zero-order valence-electron chi connectivity index (χ0n) is 39.9.